The molecule has 2 aromatic heterocycles. The summed E-state index contributed by atoms with van der Waals surface area (Å²) in [5.74, 6) is 0.491. The molecule has 12 heteroatoms. The summed E-state index contributed by atoms with van der Waals surface area (Å²) in [6.45, 7) is 1.73. The van der Waals surface area contributed by atoms with Gasteiger partial charge in [-0.2, -0.15) is 0 Å². The number of aromatic nitrogens is 3. The zero-order valence-electron chi connectivity index (χ0n) is 57.1. The highest BCUT2D eigenvalue weighted by molar-refractivity contribution is 6.03. The third kappa shape index (κ3) is 10.2. The van der Waals surface area contributed by atoms with Crippen LogP contribution in [0.1, 0.15) is 183 Å². The molecule has 512 valence electrons. The number of nitrogens with one attached hydrogen (secondary N) is 5. The van der Waals surface area contributed by atoms with Gasteiger partial charge in [-0.25, -0.2) is 4.98 Å². The maximum atomic E-state index is 13.8. The van der Waals surface area contributed by atoms with Crippen LogP contribution in [0.3, 0.4) is 0 Å². The second-order valence-electron chi connectivity index (χ2n) is 32.8. The minimum atomic E-state index is -0.618. The molecular weight excluding hydrogens is 1220 g/mol. The number of hydrogen-bond donors (Lipinski definition) is 11. The van der Waals surface area contributed by atoms with E-state index >= 15 is 0 Å². The number of aromatic hydroxyl groups is 5. The molecule has 5 aliphatic heterocycles. The lowest BCUT2D eigenvalue weighted by atomic mass is 9.30. The monoisotopic (exact) mass is 1320 g/mol. The SMILES string of the molecule is Oc1ccc(/C=C/c2c(CCc3ccc([C@@H]4C[C@@]56C[C@@H]7N[C@H](C5)C(=C[C@@H]7c5ccccc5)CNCCc5c[nH]c(c5)CCC5(CCCCC5)c5cccc(c5)C[C@@H]5CC[C@H]7C[C@@H]6[C@@H](N4)[C@]4(c6cnc[nH]6)[C@H]6[C@H](O)C=C[C@@H]8CCC[C@@]86CC[C@]574)cc3)c(O)c(O)c3c(O)cccc23)cc1O. The van der Waals surface area contributed by atoms with E-state index in [0.29, 0.717) is 58.6 Å². The van der Waals surface area contributed by atoms with Gasteiger partial charge in [-0.15, -0.1) is 0 Å². The van der Waals surface area contributed by atoms with Crippen molar-refractivity contribution in [1.29, 1.82) is 0 Å². The molecule has 99 heavy (non-hydrogen) atoms. The summed E-state index contributed by atoms with van der Waals surface area (Å²) in [5, 5.41) is 83.1. The first-order chi connectivity index (χ1) is 48.3. The molecule has 12 nitrogen and oxygen atoms in total. The fraction of sp³-hybridized carbons (Fsp3) is 0.460. The molecule has 2 saturated heterocycles. The molecule has 0 unspecified atom stereocenters. The van der Waals surface area contributed by atoms with E-state index in [1.807, 2.05) is 18.5 Å². The van der Waals surface area contributed by atoms with E-state index in [1.54, 1.807) is 23.8 Å². The minimum Gasteiger partial charge on any atom is -0.507 e. The van der Waals surface area contributed by atoms with Crippen LogP contribution in [0.5, 0.6) is 28.7 Å². The van der Waals surface area contributed by atoms with Crippen LogP contribution in [0.2, 0.25) is 0 Å². The van der Waals surface area contributed by atoms with Gasteiger partial charge in [-0.3, -0.25) is 0 Å². The van der Waals surface area contributed by atoms with Crippen LogP contribution in [0, 0.1) is 45.8 Å². The molecule has 8 aromatic rings. The molecule has 0 amide bonds. The van der Waals surface area contributed by atoms with E-state index in [1.165, 1.54) is 122 Å². The fourth-order valence-corrected chi connectivity index (χ4v) is 24.5. The number of allylic oxidation sites excluding steroid dienone is 1. The van der Waals surface area contributed by atoms with Crippen molar-refractivity contribution in [2.24, 2.45) is 45.8 Å². The number of hydrogen-bond acceptors (Lipinski definition) is 10. The van der Waals surface area contributed by atoms with Gasteiger partial charge in [0.15, 0.2) is 23.0 Å². The second-order valence-corrected chi connectivity index (χ2v) is 32.8. The fourth-order valence-electron chi connectivity index (χ4n) is 24.5. The number of H-pyrrole nitrogens is 2. The Morgan fingerprint density at radius 3 is 2.33 bits per heavy atom. The predicted octanol–water partition coefficient (Wildman–Crippen LogP) is 15.9. The summed E-state index contributed by atoms with van der Waals surface area (Å²) in [6, 6.07) is 43.4. The first kappa shape index (κ1) is 63.3. The summed E-state index contributed by atoms with van der Waals surface area (Å²) in [5.41, 5.74) is 13.4. The molecule has 6 aliphatic carbocycles. The molecule has 19 rings (SSSR count). The summed E-state index contributed by atoms with van der Waals surface area (Å²) in [7, 11) is 0. The quantitative estimate of drug-likeness (QED) is 0.0395. The standard InChI is InChI=1S/C87H98N6O6/c94-73-29-21-54(43-76(73)97)20-27-65-66-15-8-16-74(95)78(66)80(99)79(98)67(65)28-19-53-17-22-58(23-18-53)70-46-84-47-71-59(44-68(72(48-84)92-71)57-11-3-1-4-12-57)50-88-39-32-56-42-64(90-49-56)31-36-83(33-5-2-6-34-83)61-13-7-10-55(40-61)41-62-24-25-63-45-69(84)82(93-70)87(77-51-89-52-91-77)81-75(96)30-26-60-14-9-35-85(60,81)37-38-86(62,63)87/h1,3-4,7-8,10-13,15-18,20-23,26-27,29-30,40,42-44,49,51-52,60,62-63,68-72,75,81-82,88,90,92-99H,2,5-6,9,14,19,24-25,28,31-39,41,45-48,50H2,(H,89,91)/b27-20+/t60-,62-,63-,68+,69+,70-,71+,72-,75+,81-,82+,84-,85+,86-,87-/m0/s1. The van der Waals surface area contributed by atoms with Crippen LogP contribution in [-0.2, 0) is 42.9 Å². The van der Waals surface area contributed by atoms with Crippen molar-refractivity contribution in [3.8, 4) is 28.7 Å². The first-order valence-corrected chi connectivity index (χ1v) is 37.9. The average Bonchev–Trinajstić information content (AvgIpc) is 1.46. The maximum Gasteiger partial charge on any atom is 0.169 e. The topological polar surface area (TPSA) is 202 Å². The number of benzene rings is 6. The highest BCUT2D eigenvalue weighted by atomic mass is 16.3. The van der Waals surface area contributed by atoms with Gasteiger partial charge in [0.05, 0.1) is 17.8 Å². The Balaban J connectivity index is 0.788. The molecule has 11 N–H and O–H groups in total. The Hall–Kier alpha value is -7.87. The van der Waals surface area contributed by atoms with Crippen LogP contribution in [-0.4, -0.2) is 82.9 Å². The lowest BCUT2D eigenvalue weighted by molar-refractivity contribution is -0.230. The molecule has 5 saturated carbocycles. The zero-order valence-corrected chi connectivity index (χ0v) is 57.1. The molecule has 7 heterocycles. The van der Waals surface area contributed by atoms with Gasteiger partial charge in [-0.05, 0) is 247 Å². The van der Waals surface area contributed by atoms with Gasteiger partial charge < -0.3 is 56.6 Å². The van der Waals surface area contributed by atoms with E-state index in [0.717, 1.165) is 82.9 Å². The maximum absolute atomic E-state index is 13.8. The Bertz CT molecular complexity index is 4440. The second kappa shape index (κ2) is 24.7. The molecular formula is C87H98N6O6. The number of rotatable bonds is 8. The van der Waals surface area contributed by atoms with E-state index in [4.69, 9.17) is 10.3 Å². The molecule has 15 atom stereocenters. The van der Waals surface area contributed by atoms with Gasteiger partial charge in [0, 0.05) is 77.3 Å². The normalized spacial score (nSPS) is 33.7. The third-order valence-electron chi connectivity index (χ3n) is 28.6. The number of aromatic amines is 2. The number of aryl methyl sites for hydroxylation is 2. The number of nitrogens with zero attached hydrogens (tertiary/aromatic N) is 1. The molecule has 7 fully saturated rings. The Labute approximate surface area is 582 Å². The number of phenols is 5. The van der Waals surface area contributed by atoms with E-state index in [-0.39, 0.29) is 91.8 Å². The van der Waals surface area contributed by atoms with Crippen molar-refractivity contribution in [1.82, 2.24) is 30.9 Å². The number of aliphatic hydroxyl groups excluding tert-OH is 1. The van der Waals surface area contributed by atoms with Gasteiger partial charge in [0.25, 0.3) is 0 Å². The number of aliphatic hydroxyl groups is 1. The van der Waals surface area contributed by atoms with Crippen molar-refractivity contribution in [3.63, 3.8) is 0 Å². The summed E-state index contributed by atoms with van der Waals surface area (Å²) < 4.78 is 0. The Morgan fingerprint density at radius 1 is 0.636 bits per heavy atom. The Morgan fingerprint density at radius 2 is 1.48 bits per heavy atom. The van der Waals surface area contributed by atoms with E-state index in [9.17, 15) is 30.6 Å². The van der Waals surface area contributed by atoms with Crippen LogP contribution >= 0.6 is 0 Å². The van der Waals surface area contributed by atoms with Gasteiger partial charge in [0.2, 0.25) is 0 Å². The van der Waals surface area contributed by atoms with Crippen molar-refractivity contribution in [2.45, 2.75) is 188 Å². The molecule has 6 aromatic carbocycles. The first-order valence-electron chi connectivity index (χ1n) is 37.9. The molecule has 4 spiro atoms. The zero-order chi connectivity index (χ0) is 66.8. The van der Waals surface area contributed by atoms with Crippen LogP contribution in [0.25, 0.3) is 22.9 Å². The number of fused-ring (bicyclic) bond motifs is 6. The van der Waals surface area contributed by atoms with Gasteiger partial charge in [-0.1, -0.05) is 153 Å². The van der Waals surface area contributed by atoms with Crippen molar-refractivity contribution in [2.75, 3.05) is 13.1 Å². The van der Waals surface area contributed by atoms with Crippen LogP contribution < -0.4 is 16.0 Å². The highest BCUT2D eigenvalue weighted by Crippen LogP contribution is 2.81. The lowest BCUT2D eigenvalue weighted by Gasteiger charge is -2.76. The summed E-state index contributed by atoms with van der Waals surface area (Å²) in [6.07, 6.45) is 40.9. The molecule has 0 radical (unpaired) electrons. The van der Waals surface area contributed by atoms with Crippen LogP contribution in [0.4, 0.5) is 0 Å². The number of piperidine rings is 2. The Kier molecular flexibility index (Phi) is 15.8. The van der Waals surface area contributed by atoms with Crippen molar-refractivity contribution >= 4 is 22.9 Å². The van der Waals surface area contributed by atoms with Crippen molar-refractivity contribution < 1.29 is 30.6 Å². The average molecular weight is 1320 g/mol. The van der Waals surface area contributed by atoms with Gasteiger partial charge >= 0.3 is 0 Å². The minimum absolute atomic E-state index is 0.00174. The third-order valence-corrected chi connectivity index (χ3v) is 28.6. The number of imidazole rings is 1. The molecule has 11 aliphatic rings. The van der Waals surface area contributed by atoms with E-state index < -0.39 is 11.5 Å². The van der Waals surface area contributed by atoms with E-state index in [2.05, 4.69) is 136 Å². The van der Waals surface area contributed by atoms with Crippen LogP contribution in [0.15, 0.2) is 164 Å². The van der Waals surface area contributed by atoms with Gasteiger partial charge in [0.1, 0.15) is 5.75 Å². The summed E-state index contributed by atoms with van der Waals surface area (Å²) >= 11 is 0. The lowest BCUT2D eigenvalue weighted by Crippen LogP contribution is -2.79. The largest absolute Gasteiger partial charge is 0.507 e. The number of phenolic OH excluding ortho intramolecular Hbond substituents is 5. The molecule has 12 bridgehead atoms. The summed E-state index contributed by atoms with van der Waals surface area (Å²) in [4.78, 5) is 13.0. The highest BCUT2D eigenvalue weighted by Gasteiger charge is 2.80. The van der Waals surface area contributed by atoms with Crippen molar-refractivity contribution in [3.05, 3.63) is 225 Å². The smallest absolute Gasteiger partial charge is 0.169 e. The predicted molar refractivity (Wildman–Crippen MR) is 391 cm³/mol.